The van der Waals surface area contributed by atoms with Crippen LogP contribution in [0, 0.1) is 0 Å². The average molecular weight is 396 g/mol. The summed E-state index contributed by atoms with van der Waals surface area (Å²) < 4.78 is 5.39. The van der Waals surface area contributed by atoms with Gasteiger partial charge >= 0.3 is 0 Å². The number of ether oxygens (including phenoxy) is 1. The van der Waals surface area contributed by atoms with Crippen molar-refractivity contribution >= 4 is 17.5 Å². The van der Waals surface area contributed by atoms with E-state index >= 15 is 0 Å². The molecule has 1 fully saturated rings. The van der Waals surface area contributed by atoms with Crippen molar-refractivity contribution in [3.8, 4) is 0 Å². The van der Waals surface area contributed by atoms with Crippen molar-refractivity contribution in [3.05, 3.63) is 65.2 Å². The van der Waals surface area contributed by atoms with Gasteiger partial charge in [0.05, 0.1) is 24.5 Å². The Bertz CT molecular complexity index is 847. The van der Waals surface area contributed by atoms with E-state index in [2.05, 4.69) is 15.5 Å². The van der Waals surface area contributed by atoms with Crippen molar-refractivity contribution in [2.45, 2.75) is 32.9 Å². The number of morpholine rings is 1. The van der Waals surface area contributed by atoms with E-state index in [1.165, 1.54) is 0 Å². The van der Waals surface area contributed by atoms with E-state index in [1.54, 1.807) is 24.3 Å². The van der Waals surface area contributed by atoms with Gasteiger partial charge in [0, 0.05) is 31.2 Å². The third-order valence-electron chi connectivity index (χ3n) is 5.11. The van der Waals surface area contributed by atoms with Gasteiger partial charge in [-0.1, -0.05) is 31.2 Å². The van der Waals surface area contributed by atoms with E-state index < -0.39 is 0 Å². The van der Waals surface area contributed by atoms with Crippen LogP contribution in [0.2, 0.25) is 0 Å². The van der Waals surface area contributed by atoms with Gasteiger partial charge in [0.2, 0.25) is 0 Å². The fourth-order valence-corrected chi connectivity index (χ4v) is 3.22. The Morgan fingerprint density at radius 1 is 1.07 bits per heavy atom. The number of para-hydroxylation sites is 1. The number of rotatable bonds is 7. The Hall–Kier alpha value is -2.70. The Kier molecular flexibility index (Phi) is 7.38. The van der Waals surface area contributed by atoms with E-state index in [4.69, 9.17) is 4.74 Å². The van der Waals surface area contributed by atoms with Crippen LogP contribution in [0.4, 0.5) is 5.69 Å². The van der Waals surface area contributed by atoms with Crippen molar-refractivity contribution in [1.29, 1.82) is 0 Å². The smallest absolute Gasteiger partial charge is 0.255 e. The van der Waals surface area contributed by atoms with Crippen LogP contribution in [-0.2, 0) is 11.3 Å². The summed E-state index contributed by atoms with van der Waals surface area (Å²) >= 11 is 0. The number of carbonyl (C=O) groups excluding carboxylic acids is 2. The van der Waals surface area contributed by atoms with Crippen molar-refractivity contribution < 1.29 is 14.3 Å². The van der Waals surface area contributed by atoms with E-state index in [0.29, 0.717) is 16.8 Å². The van der Waals surface area contributed by atoms with Gasteiger partial charge in [-0.3, -0.25) is 14.5 Å². The summed E-state index contributed by atoms with van der Waals surface area (Å²) in [6.45, 7) is 8.05. The predicted octanol–water partition coefficient (Wildman–Crippen LogP) is 3.30. The second-order valence-corrected chi connectivity index (χ2v) is 7.37. The SMILES string of the molecule is CC[C@@H](C)NC(=O)c1ccccc1NC(=O)c1cccc(CN2CCOCC2)c1. The highest BCUT2D eigenvalue weighted by atomic mass is 16.5. The highest BCUT2D eigenvalue weighted by molar-refractivity contribution is 6.09. The first-order valence-corrected chi connectivity index (χ1v) is 10.2. The molecule has 6 nitrogen and oxygen atoms in total. The molecule has 2 aromatic rings. The second kappa shape index (κ2) is 10.2. The van der Waals surface area contributed by atoms with E-state index in [9.17, 15) is 9.59 Å². The number of hydrogen-bond acceptors (Lipinski definition) is 4. The van der Waals surface area contributed by atoms with Crippen molar-refractivity contribution in [3.63, 3.8) is 0 Å². The molecule has 1 heterocycles. The minimum Gasteiger partial charge on any atom is -0.379 e. The van der Waals surface area contributed by atoms with Crippen LogP contribution in [0.15, 0.2) is 48.5 Å². The maximum atomic E-state index is 12.8. The van der Waals surface area contributed by atoms with Crippen LogP contribution < -0.4 is 10.6 Å². The Labute approximate surface area is 172 Å². The lowest BCUT2D eigenvalue weighted by molar-refractivity contribution is 0.0342. The molecule has 6 heteroatoms. The molecule has 0 spiro atoms. The zero-order chi connectivity index (χ0) is 20.6. The van der Waals surface area contributed by atoms with Crippen LogP contribution in [0.1, 0.15) is 46.5 Å². The fourth-order valence-electron chi connectivity index (χ4n) is 3.22. The minimum absolute atomic E-state index is 0.0723. The molecular weight excluding hydrogens is 366 g/mol. The normalized spacial score (nSPS) is 15.5. The summed E-state index contributed by atoms with van der Waals surface area (Å²) in [5.41, 5.74) is 2.64. The van der Waals surface area contributed by atoms with Crippen LogP contribution in [-0.4, -0.2) is 49.1 Å². The van der Waals surface area contributed by atoms with Crippen LogP contribution in [0.3, 0.4) is 0 Å². The maximum Gasteiger partial charge on any atom is 0.255 e. The lowest BCUT2D eigenvalue weighted by atomic mass is 10.1. The molecule has 1 saturated heterocycles. The molecule has 0 aliphatic carbocycles. The maximum absolute atomic E-state index is 12.8. The standard InChI is InChI=1S/C23H29N3O3/c1-3-17(2)24-23(28)20-9-4-5-10-21(20)25-22(27)19-8-6-7-18(15-19)16-26-11-13-29-14-12-26/h4-10,15,17H,3,11-14,16H2,1-2H3,(H,24,28)(H,25,27)/t17-/m1/s1. The Morgan fingerprint density at radius 2 is 1.83 bits per heavy atom. The number of carbonyl (C=O) groups is 2. The highest BCUT2D eigenvalue weighted by Gasteiger charge is 2.16. The molecule has 0 radical (unpaired) electrons. The molecule has 0 aromatic heterocycles. The number of amides is 2. The van der Waals surface area contributed by atoms with Crippen molar-refractivity contribution in [2.75, 3.05) is 31.6 Å². The van der Waals surface area contributed by atoms with Gasteiger partial charge < -0.3 is 15.4 Å². The van der Waals surface area contributed by atoms with Crippen molar-refractivity contribution in [2.24, 2.45) is 0 Å². The monoisotopic (exact) mass is 395 g/mol. The molecule has 1 aliphatic heterocycles. The summed E-state index contributed by atoms with van der Waals surface area (Å²) in [6.07, 6.45) is 0.843. The average Bonchev–Trinajstić information content (AvgIpc) is 2.75. The molecule has 0 bridgehead atoms. The molecular formula is C23H29N3O3. The number of nitrogens with one attached hydrogen (secondary N) is 2. The minimum atomic E-state index is -0.224. The first kappa shape index (κ1) is 21.0. The van der Waals surface area contributed by atoms with E-state index in [0.717, 1.165) is 44.8 Å². The predicted molar refractivity (Wildman–Crippen MR) is 114 cm³/mol. The molecule has 1 atom stereocenters. The molecule has 0 unspecified atom stereocenters. The largest absolute Gasteiger partial charge is 0.379 e. The summed E-state index contributed by atoms with van der Waals surface area (Å²) in [6, 6.07) is 14.8. The van der Waals surface area contributed by atoms with E-state index in [1.807, 2.05) is 38.1 Å². The van der Waals surface area contributed by atoms with Crippen LogP contribution >= 0.6 is 0 Å². The number of nitrogens with zero attached hydrogens (tertiary/aromatic N) is 1. The Balaban J connectivity index is 1.70. The number of hydrogen-bond donors (Lipinski definition) is 2. The molecule has 2 N–H and O–H groups in total. The molecule has 1 aliphatic rings. The topological polar surface area (TPSA) is 70.7 Å². The molecule has 29 heavy (non-hydrogen) atoms. The lowest BCUT2D eigenvalue weighted by Crippen LogP contribution is -2.35. The van der Waals surface area contributed by atoms with Gasteiger partial charge in [0.1, 0.15) is 0 Å². The van der Waals surface area contributed by atoms with Crippen LogP contribution in [0.5, 0.6) is 0 Å². The number of benzene rings is 2. The Morgan fingerprint density at radius 3 is 2.59 bits per heavy atom. The van der Waals surface area contributed by atoms with Gasteiger partial charge in [0.15, 0.2) is 0 Å². The first-order chi connectivity index (χ1) is 14.1. The third-order valence-corrected chi connectivity index (χ3v) is 5.11. The quantitative estimate of drug-likeness (QED) is 0.755. The molecule has 2 amide bonds. The van der Waals surface area contributed by atoms with Gasteiger partial charge in [-0.15, -0.1) is 0 Å². The van der Waals surface area contributed by atoms with Crippen molar-refractivity contribution in [1.82, 2.24) is 10.2 Å². The van der Waals surface area contributed by atoms with Gasteiger partial charge in [-0.05, 0) is 43.2 Å². The summed E-state index contributed by atoms with van der Waals surface area (Å²) in [5.74, 6) is -0.408. The molecule has 3 rings (SSSR count). The molecule has 2 aromatic carbocycles. The zero-order valence-electron chi connectivity index (χ0n) is 17.1. The summed E-state index contributed by atoms with van der Waals surface area (Å²) in [4.78, 5) is 27.7. The molecule has 154 valence electrons. The summed E-state index contributed by atoms with van der Waals surface area (Å²) in [7, 11) is 0. The zero-order valence-corrected chi connectivity index (χ0v) is 17.1. The first-order valence-electron chi connectivity index (χ1n) is 10.2. The summed E-state index contributed by atoms with van der Waals surface area (Å²) in [5, 5.41) is 5.84. The van der Waals surface area contributed by atoms with Gasteiger partial charge in [-0.25, -0.2) is 0 Å². The van der Waals surface area contributed by atoms with Crippen LogP contribution in [0.25, 0.3) is 0 Å². The highest BCUT2D eigenvalue weighted by Crippen LogP contribution is 2.18. The van der Waals surface area contributed by atoms with Gasteiger partial charge in [0.25, 0.3) is 11.8 Å². The lowest BCUT2D eigenvalue weighted by Gasteiger charge is -2.26. The molecule has 0 saturated carbocycles. The third kappa shape index (κ3) is 5.89. The number of anilines is 1. The second-order valence-electron chi connectivity index (χ2n) is 7.37. The fraction of sp³-hybridized carbons (Fsp3) is 0.391. The van der Waals surface area contributed by atoms with Gasteiger partial charge in [-0.2, -0.15) is 0 Å². The van der Waals surface area contributed by atoms with E-state index in [-0.39, 0.29) is 17.9 Å².